The molecule has 0 unspecified atom stereocenters. The van der Waals surface area contributed by atoms with Gasteiger partial charge in [0.2, 0.25) is 5.95 Å². The number of hydrogen-bond acceptors (Lipinski definition) is 7. The van der Waals surface area contributed by atoms with Crippen molar-refractivity contribution in [2.45, 2.75) is 6.42 Å². The highest BCUT2D eigenvalue weighted by atomic mass is 19.1. The number of fused-ring (bicyclic) bond motifs is 2. The molecule has 0 aliphatic heterocycles. The van der Waals surface area contributed by atoms with E-state index in [0.29, 0.717) is 25.5 Å². The standard InChI is InChI=1S/C23H23FN8O/c1-31-20-8-7-16(11-15(20)12-27-31)28-23-25-14-18(24)22(29-23)32(9-4-10-33-2)21-6-3-5-19-17(21)13-26-30-19/h3,5-8,11-14H,4,9-10H2,1-2H3,(H,26,30)(H,25,28,29). The van der Waals surface area contributed by atoms with Gasteiger partial charge in [-0.1, -0.05) is 6.07 Å². The summed E-state index contributed by atoms with van der Waals surface area (Å²) in [5.41, 5.74) is 3.47. The van der Waals surface area contributed by atoms with Crippen LogP contribution in [0.25, 0.3) is 21.8 Å². The first kappa shape index (κ1) is 20.8. The van der Waals surface area contributed by atoms with E-state index in [2.05, 4.69) is 30.6 Å². The molecule has 0 aliphatic carbocycles. The number of rotatable bonds is 8. The van der Waals surface area contributed by atoms with Gasteiger partial charge in [-0.05, 0) is 36.8 Å². The Morgan fingerprint density at radius 1 is 1.18 bits per heavy atom. The zero-order valence-corrected chi connectivity index (χ0v) is 18.3. The van der Waals surface area contributed by atoms with E-state index in [-0.39, 0.29) is 5.82 Å². The molecule has 0 saturated carbocycles. The number of aromatic amines is 1. The van der Waals surface area contributed by atoms with Gasteiger partial charge >= 0.3 is 0 Å². The second-order valence-corrected chi connectivity index (χ2v) is 7.64. The number of hydrogen-bond donors (Lipinski definition) is 2. The molecule has 9 nitrogen and oxygen atoms in total. The van der Waals surface area contributed by atoms with Gasteiger partial charge in [-0.15, -0.1) is 0 Å². The molecule has 0 radical (unpaired) electrons. The third kappa shape index (κ3) is 4.08. The van der Waals surface area contributed by atoms with Crippen LogP contribution < -0.4 is 10.2 Å². The van der Waals surface area contributed by atoms with Gasteiger partial charge in [0, 0.05) is 43.8 Å². The van der Waals surface area contributed by atoms with E-state index in [4.69, 9.17) is 4.74 Å². The third-order valence-corrected chi connectivity index (χ3v) is 5.47. The predicted octanol–water partition coefficient (Wildman–Crippen LogP) is 4.30. The summed E-state index contributed by atoms with van der Waals surface area (Å²) in [5.74, 6) is -0.0355. The van der Waals surface area contributed by atoms with Gasteiger partial charge in [-0.2, -0.15) is 15.2 Å². The molecular formula is C23H23FN8O. The number of methoxy groups -OCH3 is 1. The van der Waals surface area contributed by atoms with Crippen LogP contribution in [-0.4, -0.2) is 50.2 Å². The van der Waals surface area contributed by atoms with Crippen LogP contribution in [0.15, 0.2) is 55.0 Å². The SMILES string of the molecule is COCCCN(c1nc(Nc2ccc3c(cnn3C)c2)ncc1F)c1cccc2[nH]ncc12. The summed E-state index contributed by atoms with van der Waals surface area (Å²) in [7, 11) is 3.54. The largest absolute Gasteiger partial charge is 0.385 e. The molecule has 0 atom stereocenters. The van der Waals surface area contributed by atoms with Crippen molar-refractivity contribution in [2.24, 2.45) is 7.05 Å². The molecule has 0 spiro atoms. The van der Waals surface area contributed by atoms with E-state index in [1.54, 1.807) is 24.2 Å². The first-order valence-corrected chi connectivity index (χ1v) is 10.5. The highest BCUT2D eigenvalue weighted by Crippen LogP contribution is 2.33. The van der Waals surface area contributed by atoms with Crippen molar-refractivity contribution >= 4 is 44.9 Å². The zero-order valence-electron chi connectivity index (χ0n) is 18.3. The molecule has 10 heteroatoms. The van der Waals surface area contributed by atoms with E-state index in [9.17, 15) is 0 Å². The number of nitrogens with one attached hydrogen (secondary N) is 2. The van der Waals surface area contributed by atoms with E-state index >= 15 is 4.39 Å². The lowest BCUT2D eigenvalue weighted by Crippen LogP contribution is -2.23. The molecule has 0 amide bonds. The lowest BCUT2D eigenvalue weighted by atomic mass is 10.2. The molecule has 5 rings (SSSR count). The number of H-pyrrole nitrogens is 1. The van der Waals surface area contributed by atoms with Crippen LogP contribution in [0.3, 0.4) is 0 Å². The van der Waals surface area contributed by atoms with Crippen molar-refractivity contribution in [1.82, 2.24) is 29.9 Å². The molecule has 0 fully saturated rings. The summed E-state index contributed by atoms with van der Waals surface area (Å²) >= 11 is 0. The number of halogens is 1. The van der Waals surface area contributed by atoms with Gasteiger partial charge in [-0.3, -0.25) is 9.78 Å². The Bertz CT molecular complexity index is 1410. The first-order chi connectivity index (χ1) is 16.1. The second-order valence-electron chi connectivity index (χ2n) is 7.64. The lowest BCUT2D eigenvalue weighted by Gasteiger charge is -2.25. The Morgan fingerprint density at radius 3 is 2.97 bits per heavy atom. The van der Waals surface area contributed by atoms with Crippen LogP contribution in [0, 0.1) is 5.82 Å². The number of anilines is 4. The highest BCUT2D eigenvalue weighted by Gasteiger charge is 2.20. The Hall–Kier alpha value is -4.05. The molecular weight excluding hydrogens is 423 g/mol. The minimum absolute atomic E-state index is 0.180. The molecule has 33 heavy (non-hydrogen) atoms. The molecule has 3 heterocycles. The van der Waals surface area contributed by atoms with Crippen molar-refractivity contribution in [3.05, 3.63) is 60.8 Å². The molecule has 0 aliphatic rings. The molecule has 3 aromatic heterocycles. The van der Waals surface area contributed by atoms with Crippen molar-refractivity contribution in [3.8, 4) is 0 Å². The fourth-order valence-corrected chi connectivity index (χ4v) is 3.87. The van der Waals surface area contributed by atoms with Gasteiger partial charge < -0.3 is 15.0 Å². The summed E-state index contributed by atoms with van der Waals surface area (Å²) in [6.07, 6.45) is 5.40. The maximum absolute atomic E-state index is 15.0. The fourth-order valence-electron chi connectivity index (χ4n) is 3.87. The predicted molar refractivity (Wildman–Crippen MR) is 126 cm³/mol. The summed E-state index contributed by atoms with van der Waals surface area (Å²) < 4.78 is 22.1. The molecule has 0 bridgehead atoms. The second kappa shape index (κ2) is 8.83. The molecule has 0 saturated heterocycles. The van der Waals surface area contributed by atoms with Crippen LogP contribution in [0.1, 0.15) is 6.42 Å². The highest BCUT2D eigenvalue weighted by molar-refractivity contribution is 5.93. The number of benzene rings is 2. The topological polar surface area (TPSA) is 96.8 Å². The Labute approximate surface area is 189 Å². The van der Waals surface area contributed by atoms with Crippen molar-refractivity contribution in [1.29, 1.82) is 0 Å². The smallest absolute Gasteiger partial charge is 0.229 e. The maximum atomic E-state index is 15.0. The summed E-state index contributed by atoms with van der Waals surface area (Å²) in [4.78, 5) is 10.5. The van der Waals surface area contributed by atoms with E-state index in [1.165, 1.54) is 6.20 Å². The Balaban J connectivity index is 1.52. The Kier molecular flexibility index (Phi) is 5.57. The van der Waals surface area contributed by atoms with Crippen LogP contribution >= 0.6 is 0 Å². The minimum Gasteiger partial charge on any atom is -0.385 e. The monoisotopic (exact) mass is 446 g/mol. The quantitative estimate of drug-likeness (QED) is 0.343. The van der Waals surface area contributed by atoms with E-state index in [1.807, 2.05) is 48.3 Å². The van der Waals surface area contributed by atoms with Crippen LogP contribution in [-0.2, 0) is 11.8 Å². The molecule has 2 aromatic carbocycles. The summed E-state index contributed by atoms with van der Waals surface area (Å²) in [6, 6.07) is 11.6. The van der Waals surface area contributed by atoms with Crippen molar-refractivity contribution < 1.29 is 9.13 Å². The number of aryl methyl sites for hydroxylation is 1. The van der Waals surface area contributed by atoms with Gasteiger partial charge in [0.15, 0.2) is 11.6 Å². The zero-order chi connectivity index (χ0) is 22.8. The minimum atomic E-state index is -0.513. The fraction of sp³-hybridized carbons (Fsp3) is 0.217. The summed E-state index contributed by atoms with van der Waals surface area (Å²) in [5, 5.41) is 16.4. The number of ether oxygens (including phenoxy) is 1. The molecule has 168 valence electrons. The van der Waals surface area contributed by atoms with Gasteiger partial charge in [0.1, 0.15) is 0 Å². The molecule has 2 N–H and O–H groups in total. The Morgan fingerprint density at radius 2 is 2.09 bits per heavy atom. The van der Waals surface area contributed by atoms with E-state index < -0.39 is 5.82 Å². The normalized spacial score (nSPS) is 11.4. The van der Waals surface area contributed by atoms with E-state index in [0.717, 1.165) is 33.2 Å². The number of nitrogens with zero attached hydrogens (tertiary/aromatic N) is 6. The average molecular weight is 446 g/mol. The maximum Gasteiger partial charge on any atom is 0.229 e. The molecule has 5 aromatic rings. The summed E-state index contributed by atoms with van der Waals surface area (Å²) in [6.45, 7) is 1.05. The van der Waals surface area contributed by atoms with Crippen molar-refractivity contribution in [3.63, 3.8) is 0 Å². The lowest BCUT2D eigenvalue weighted by molar-refractivity contribution is 0.196. The number of aromatic nitrogens is 6. The van der Waals surface area contributed by atoms with Crippen molar-refractivity contribution in [2.75, 3.05) is 30.5 Å². The van der Waals surface area contributed by atoms with Gasteiger partial charge in [0.05, 0.1) is 35.3 Å². The van der Waals surface area contributed by atoms with Gasteiger partial charge in [-0.25, -0.2) is 9.37 Å². The van der Waals surface area contributed by atoms with Crippen LogP contribution in [0.4, 0.5) is 27.5 Å². The third-order valence-electron chi connectivity index (χ3n) is 5.47. The van der Waals surface area contributed by atoms with Gasteiger partial charge in [0.25, 0.3) is 0 Å². The average Bonchev–Trinajstić information content (AvgIpc) is 3.45. The van der Waals surface area contributed by atoms with Crippen LogP contribution in [0.2, 0.25) is 0 Å². The van der Waals surface area contributed by atoms with Crippen LogP contribution in [0.5, 0.6) is 0 Å². The first-order valence-electron chi connectivity index (χ1n) is 10.5.